The minimum absolute atomic E-state index is 0.203. The SMILES string of the molecule is C=C1N=C(CC2(c3cccc(CC)c3)CCCC2)N2CC3CCCN3C(=C)C2=C1C. The summed E-state index contributed by atoms with van der Waals surface area (Å²) < 4.78 is 0. The second-order valence-corrected chi connectivity index (χ2v) is 9.71. The molecule has 158 valence electrons. The fraction of sp³-hybridized carbons (Fsp3) is 0.519. The highest BCUT2D eigenvalue weighted by Crippen LogP contribution is 2.47. The molecule has 2 saturated heterocycles. The van der Waals surface area contributed by atoms with Crippen LogP contribution in [-0.2, 0) is 11.8 Å². The minimum Gasteiger partial charge on any atom is -0.366 e. The molecule has 1 aromatic carbocycles. The number of aryl methyl sites for hydroxylation is 1. The van der Waals surface area contributed by atoms with E-state index in [9.17, 15) is 0 Å². The van der Waals surface area contributed by atoms with Crippen molar-refractivity contribution in [2.24, 2.45) is 4.99 Å². The van der Waals surface area contributed by atoms with Crippen molar-refractivity contribution in [3.8, 4) is 0 Å². The van der Waals surface area contributed by atoms with E-state index in [1.54, 1.807) is 0 Å². The fourth-order valence-corrected chi connectivity index (χ4v) is 6.24. The Morgan fingerprint density at radius 2 is 1.97 bits per heavy atom. The minimum atomic E-state index is 0.203. The Balaban J connectivity index is 1.52. The summed E-state index contributed by atoms with van der Waals surface area (Å²) in [6.07, 6.45) is 9.78. The normalized spacial score (nSPS) is 25.5. The van der Waals surface area contributed by atoms with E-state index in [2.05, 4.69) is 61.1 Å². The lowest BCUT2D eigenvalue weighted by molar-refractivity contribution is 0.228. The van der Waals surface area contributed by atoms with E-state index in [1.807, 2.05) is 0 Å². The first-order chi connectivity index (χ1) is 14.5. The van der Waals surface area contributed by atoms with Crippen molar-refractivity contribution in [3.63, 3.8) is 0 Å². The lowest BCUT2D eigenvalue weighted by Crippen LogP contribution is -2.51. The van der Waals surface area contributed by atoms with Gasteiger partial charge in [-0.2, -0.15) is 0 Å². The first-order valence-electron chi connectivity index (χ1n) is 11.8. The van der Waals surface area contributed by atoms with Gasteiger partial charge in [0, 0.05) is 31.0 Å². The molecule has 5 rings (SSSR count). The number of fused-ring (bicyclic) bond motifs is 2. The Labute approximate surface area is 181 Å². The summed E-state index contributed by atoms with van der Waals surface area (Å²) in [5.74, 6) is 1.22. The van der Waals surface area contributed by atoms with Crippen molar-refractivity contribution < 1.29 is 0 Å². The lowest BCUT2D eigenvalue weighted by atomic mass is 9.74. The highest BCUT2D eigenvalue weighted by atomic mass is 15.3. The molecule has 4 aliphatic rings. The third-order valence-electron chi connectivity index (χ3n) is 8.03. The average molecular weight is 402 g/mol. The van der Waals surface area contributed by atoms with E-state index in [0.717, 1.165) is 31.6 Å². The molecule has 0 N–H and O–H groups in total. The molecule has 1 aliphatic carbocycles. The Morgan fingerprint density at radius 3 is 2.73 bits per heavy atom. The highest BCUT2D eigenvalue weighted by Gasteiger charge is 2.43. The summed E-state index contributed by atoms with van der Waals surface area (Å²) in [7, 11) is 0. The predicted molar refractivity (Wildman–Crippen MR) is 125 cm³/mol. The van der Waals surface area contributed by atoms with E-state index in [-0.39, 0.29) is 5.41 Å². The van der Waals surface area contributed by atoms with Crippen molar-refractivity contribution in [1.82, 2.24) is 9.80 Å². The van der Waals surface area contributed by atoms with Crippen LogP contribution in [0.1, 0.15) is 69.9 Å². The summed E-state index contributed by atoms with van der Waals surface area (Å²) >= 11 is 0. The van der Waals surface area contributed by atoms with Gasteiger partial charge in [0.05, 0.1) is 17.1 Å². The Kier molecular flexibility index (Phi) is 4.88. The van der Waals surface area contributed by atoms with Gasteiger partial charge in [0.2, 0.25) is 0 Å². The van der Waals surface area contributed by atoms with Crippen molar-refractivity contribution in [3.05, 3.63) is 71.2 Å². The molecule has 3 heteroatoms. The molecule has 0 amide bonds. The van der Waals surface area contributed by atoms with Crippen LogP contribution >= 0.6 is 0 Å². The van der Waals surface area contributed by atoms with Crippen molar-refractivity contribution >= 4 is 5.84 Å². The topological polar surface area (TPSA) is 18.8 Å². The number of hydrogen-bond acceptors (Lipinski definition) is 3. The third-order valence-corrected chi connectivity index (χ3v) is 8.03. The van der Waals surface area contributed by atoms with E-state index >= 15 is 0 Å². The molecule has 3 heterocycles. The second kappa shape index (κ2) is 7.44. The number of benzene rings is 1. The van der Waals surface area contributed by atoms with Gasteiger partial charge in [0.15, 0.2) is 0 Å². The van der Waals surface area contributed by atoms with Gasteiger partial charge >= 0.3 is 0 Å². The van der Waals surface area contributed by atoms with Gasteiger partial charge in [-0.05, 0) is 55.7 Å². The molecule has 0 spiro atoms. The zero-order chi connectivity index (χ0) is 20.9. The van der Waals surface area contributed by atoms with Crippen LogP contribution in [0.5, 0.6) is 0 Å². The van der Waals surface area contributed by atoms with Crippen molar-refractivity contribution in [2.75, 3.05) is 13.1 Å². The van der Waals surface area contributed by atoms with E-state index in [4.69, 9.17) is 4.99 Å². The number of amidine groups is 1. The Hall–Kier alpha value is -2.29. The zero-order valence-electron chi connectivity index (χ0n) is 18.7. The number of piperazine rings is 1. The van der Waals surface area contributed by atoms with E-state index < -0.39 is 0 Å². The molecule has 1 aromatic rings. The highest BCUT2D eigenvalue weighted by molar-refractivity contribution is 5.89. The zero-order valence-corrected chi connectivity index (χ0v) is 18.7. The van der Waals surface area contributed by atoms with Crippen molar-refractivity contribution in [1.29, 1.82) is 0 Å². The monoisotopic (exact) mass is 401 g/mol. The maximum absolute atomic E-state index is 5.10. The van der Waals surface area contributed by atoms with Gasteiger partial charge in [-0.25, -0.2) is 4.99 Å². The quantitative estimate of drug-likeness (QED) is 0.621. The first-order valence-corrected chi connectivity index (χ1v) is 11.8. The standard InChI is InChI=1S/C27H35N3/c1-5-22-10-8-11-23(16-22)27(13-6-7-14-27)17-25-28-20(3)19(2)26-21(4)29-15-9-12-24(29)18-30(25)26/h8,10-11,16,24H,3-7,9,12-15,17-18H2,1-2H3. The van der Waals surface area contributed by atoms with Crippen LogP contribution in [0, 0.1) is 0 Å². The molecule has 3 aliphatic heterocycles. The lowest BCUT2D eigenvalue weighted by Gasteiger charge is -2.47. The van der Waals surface area contributed by atoms with E-state index in [0.29, 0.717) is 6.04 Å². The number of rotatable bonds is 4. The summed E-state index contributed by atoms with van der Waals surface area (Å²) in [6, 6.07) is 9.91. The predicted octanol–water partition coefficient (Wildman–Crippen LogP) is 5.94. The molecule has 3 fully saturated rings. The third kappa shape index (κ3) is 3.05. The van der Waals surface area contributed by atoms with Crippen LogP contribution in [0.25, 0.3) is 0 Å². The molecular formula is C27H35N3. The van der Waals surface area contributed by atoms with Crippen LogP contribution in [0.3, 0.4) is 0 Å². The molecule has 0 aromatic heterocycles. The summed E-state index contributed by atoms with van der Waals surface area (Å²) in [4.78, 5) is 10.1. The fourth-order valence-electron chi connectivity index (χ4n) is 6.24. The van der Waals surface area contributed by atoms with Gasteiger partial charge < -0.3 is 9.80 Å². The molecule has 30 heavy (non-hydrogen) atoms. The molecule has 0 bridgehead atoms. The van der Waals surface area contributed by atoms with Gasteiger partial charge in [-0.3, -0.25) is 0 Å². The first kappa shape index (κ1) is 19.7. The second-order valence-electron chi connectivity index (χ2n) is 9.71. The molecule has 1 atom stereocenters. The van der Waals surface area contributed by atoms with E-state index in [1.165, 1.54) is 72.5 Å². The summed E-state index contributed by atoms with van der Waals surface area (Å²) in [6.45, 7) is 15.4. The van der Waals surface area contributed by atoms with Crippen LogP contribution in [0.2, 0.25) is 0 Å². The van der Waals surface area contributed by atoms with Crippen LogP contribution in [0.4, 0.5) is 0 Å². The molecule has 3 nitrogen and oxygen atoms in total. The van der Waals surface area contributed by atoms with Gasteiger partial charge in [0.25, 0.3) is 0 Å². The average Bonchev–Trinajstić information content (AvgIpc) is 3.42. The van der Waals surface area contributed by atoms with Gasteiger partial charge in [0.1, 0.15) is 5.84 Å². The molecular weight excluding hydrogens is 366 g/mol. The smallest absolute Gasteiger partial charge is 0.110 e. The molecule has 1 unspecified atom stereocenters. The maximum atomic E-state index is 5.10. The number of allylic oxidation sites excluding steroid dienone is 1. The summed E-state index contributed by atoms with van der Waals surface area (Å²) in [5.41, 5.74) is 7.74. The number of nitrogens with zero attached hydrogens (tertiary/aromatic N) is 3. The van der Waals surface area contributed by atoms with Crippen molar-refractivity contribution in [2.45, 2.75) is 76.7 Å². The molecule has 1 saturated carbocycles. The maximum Gasteiger partial charge on any atom is 0.110 e. The largest absolute Gasteiger partial charge is 0.366 e. The van der Waals surface area contributed by atoms with Crippen LogP contribution in [-0.4, -0.2) is 34.8 Å². The Morgan fingerprint density at radius 1 is 1.17 bits per heavy atom. The van der Waals surface area contributed by atoms with Crippen LogP contribution in [0.15, 0.2) is 65.1 Å². The number of aliphatic imine (C=N–C) groups is 1. The Bertz CT molecular complexity index is 945. The summed E-state index contributed by atoms with van der Waals surface area (Å²) in [5, 5.41) is 0. The number of hydrogen-bond donors (Lipinski definition) is 0. The molecule has 0 radical (unpaired) electrons. The van der Waals surface area contributed by atoms with Crippen LogP contribution < -0.4 is 0 Å². The van der Waals surface area contributed by atoms with Gasteiger partial charge in [-0.15, -0.1) is 0 Å². The van der Waals surface area contributed by atoms with Gasteiger partial charge in [-0.1, -0.05) is 57.2 Å².